The van der Waals surface area contributed by atoms with Crippen LogP contribution < -0.4 is 0 Å². The summed E-state index contributed by atoms with van der Waals surface area (Å²) in [6, 6.07) is 1.83. The van der Waals surface area contributed by atoms with E-state index in [2.05, 4.69) is 10.2 Å². The topological polar surface area (TPSA) is 103 Å². The molecule has 3 N–H and O–H groups in total. The summed E-state index contributed by atoms with van der Waals surface area (Å²) < 4.78 is 0. The molecule has 0 amide bonds. The van der Waals surface area contributed by atoms with Crippen LogP contribution in [0.3, 0.4) is 0 Å². The summed E-state index contributed by atoms with van der Waals surface area (Å²) in [4.78, 5) is 21.8. The van der Waals surface area contributed by atoms with Crippen LogP contribution in [0.1, 0.15) is 44.9 Å². The molecule has 2 atom stereocenters. The smallest absolute Gasteiger partial charge is 0.306 e. The van der Waals surface area contributed by atoms with E-state index < -0.39 is 23.8 Å². The fourth-order valence-electron chi connectivity index (χ4n) is 2.38. The van der Waals surface area contributed by atoms with Crippen molar-refractivity contribution in [1.82, 2.24) is 10.2 Å². The van der Waals surface area contributed by atoms with Crippen molar-refractivity contribution < 1.29 is 19.8 Å². The fraction of sp³-hybridized carbons (Fsp3) is 0.643. The van der Waals surface area contributed by atoms with Gasteiger partial charge >= 0.3 is 11.9 Å². The molecule has 1 saturated carbocycles. The molecule has 2 rings (SSSR count). The predicted molar refractivity (Wildman–Crippen MR) is 73.2 cm³/mol. The van der Waals surface area contributed by atoms with Gasteiger partial charge in [0.2, 0.25) is 0 Å². The minimum Gasteiger partial charge on any atom is -0.481 e. The van der Waals surface area contributed by atoms with Gasteiger partial charge < -0.3 is 10.2 Å². The quantitative estimate of drug-likeness (QED) is 0.773. The highest BCUT2D eigenvalue weighted by Crippen LogP contribution is 2.26. The Hall–Kier alpha value is -1.85. The van der Waals surface area contributed by atoms with E-state index in [1.807, 2.05) is 6.07 Å². The molecule has 1 aliphatic carbocycles. The number of aromatic amines is 1. The van der Waals surface area contributed by atoms with E-state index in [9.17, 15) is 9.59 Å². The van der Waals surface area contributed by atoms with E-state index in [0.29, 0.717) is 19.3 Å². The number of carboxylic acids is 2. The number of nitrogens with zero attached hydrogens (tertiary/aromatic N) is 1. The molecule has 1 aliphatic rings. The van der Waals surface area contributed by atoms with E-state index in [-0.39, 0.29) is 0 Å². The van der Waals surface area contributed by atoms with Crippen molar-refractivity contribution in [3.8, 4) is 0 Å². The molecule has 112 valence electrons. The normalized spacial score (nSPS) is 23.4. The lowest BCUT2D eigenvalue weighted by Crippen LogP contribution is -2.22. The monoisotopic (exact) mass is 282 g/mol. The van der Waals surface area contributed by atoms with Gasteiger partial charge in [0.1, 0.15) is 0 Å². The molecule has 0 spiro atoms. The minimum atomic E-state index is -0.844. The Morgan fingerprint density at radius 1 is 1.00 bits per heavy atom. The lowest BCUT2D eigenvalue weighted by molar-refractivity contribution is -0.146. The van der Waals surface area contributed by atoms with E-state index in [1.54, 1.807) is 12.4 Å². The zero-order valence-electron chi connectivity index (χ0n) is 11.5. The lowest BCUT2D eigenvalue weighted by Gasteiger charge is -2.15. The van der Waals surface area contributed by atoms with E-state index in [0.717, 1.165) is 25.7 Å². The fourth-order valence-corrected chi connectivity index (χ4v) is 2.38. The van der Waals surface area contributed by atoms with Crippen molar-refractivity contribution in [2.75, 3.05) is 0 Å². The molecule has 1 fully saturated rings. The molecular weight excluding hydrogens is 260 g/mol. The summed E-state index contributed by atoms with van der Waals surface area (Å²) in [6.45, 7) is 0. The highest BCUT2D eigenvalue weighted by atomic mass is 16.4. The van der Waals surface area contributed by atoms with Gasteiger partial charge in [-0.05, 0) is 25.3 Å². The maximum atomic E-state index is 10.9. The Kier molecular flexibility index (Phi) is 7.39. The minimum absolute atomic E-state index is 0.296. The molecular formula is C14H22N2O4. The molecule has 1 aromatic rings. The number of aliphatic carboxylic acids is 2. The number of carboxylic acid groups (broad SMARTS) is 2. The summed E-state index contributed by atoms with van der Waals surface area (Å²) in [5.74, 6) is -2.63. The number of nitrogens with one attached hydrogen (secondary N) is 1. The largest absolute Gasteiger partial charge is 0.481 e. The third kappa shape index (κ3) is 6.36. The molecule has 2 unspecified atom stereocenters. The third-order valence-electron chi connectivity index (χ3n) is 3.53. The number of hydrogen-bond acceptors (Lipinski definition) is 3. The van der Waals surface area contributed by atoms with Crippen LogP contribution in [0.25, 0.3) is 0 Å². The summed E-state index contributed by atoms with van der Waals surface area (Å²) in [5.41, 5.74) is 0. The van der Waals surface area contributed by atoms with Crippen LogP contribution in [0.5, 0.6) is 0 Å². The average molecular weight is 282 g/mol. The van der Waals surface area contributed by atoms with Gasteiger partial charge in [0.15, 0.2) is 0 Å². The summed E-state index contributed by atoms with van der Waals surface area (Å²) >= 11 is 0. The Morgan fingerprint density at radius 3 is 1.85 bits per heavy atom. The van der Waals surface area contributed by atoms with Crippen molar-refractivity contribution in [3.63, 3.8) is 0 Å². The van der Waals surface area contributed by atoms with Gasteiger partial charge in [0, 0.05) is 12.4 Å². The van der Waals surface area contributed by atoms with Crippen molar-refractivity contribution in [3.05, 3.63) is 18.5 Å². The van der Waals surface area contributed by atoms with Crippen molar-refractivity contribution in [1.29, 1.82) is 0 Å². The van der Waals surface area contributed by atoms with Crippen molar-refractivity contribution in [2.24, 2.45) is 11.8 Å². The summed E-state index contributed by atoms with van der Waals surface area (Å²) in [7, 11) is 0. The van der Waals surface area contributed by atoms with Crippen LogP contribution in [0.2, 0.25) is 0 Å². The van der Waals surface area contributed by atoms with Gasteiger partial charge in [-0.3, -0.25) is 14.7 Å². The molecule has 0 saturated heterocycles. The molecule has 0 aromatic carbocycles. The van der Waals surface area contributed by atoms with E-state index >= 15 is 0 Å². The molecule has 1 aromatic heterocycles. The zero-order valence-corrected chi connectivity index (χ0v) is 11.5. The maximum Gasteiger partial charge on any atom is 0.306 e. The Labute approximate surface area is 118 Å². The second-order valence-corrected chi connectivity index (χ2v) is 5.06. The van der Waals surface area contributed by atoms with Gasteiger partial charge in [0.05, 0.1) is 11.8 Å². The number of rotatable bonds is 2. The SMILES string of the molecule is O=C(O)C1CCCCCCC(C(=O)O)C1.c1cn[nH]c1. The van der Waals surface area contributed by atoms with Crippen molar-refractivity contribution in [2.45, 2.75) is 44.9 Å². The first-order valence-corrected chi connectivity index (χ1v) is 7.00. The summed E-state index contributed by atoms with van der Waals surface area (Å²) in [5, 5.41) is 24.1. The van der Waals surface area contributed by atoms with Crippen LogP contribution in [-0.4, -0.2) is 32.3 Å². The van der Waals surface area contributed by atoms with Crippen LogP contribution >= 0.6 is 0 Å². The first-order chi connectivity index (χ1) is 9.61. The van der Waals surface area contributed by atoms with Crippen LogP contribution in [-0.2, 0) is 9.59 Å². The standard InChI is InChI=1S/C11H18O4.C3H4N2/c12-10(13)8-5-3-1-2-4-6-9(7-8)11(14)15;1-2-4-5-3-1/h8-9H,1-7H2,(H,12,13)(H,14,15);1-3H,(H,4,5). The lowest BCUT2D eigenvalue weighted by atomic mass is 9.89. The van der Waals surface area contributed by atoms with Crippen molar-refractivity contribution >= 4 is 11.9 Å². The summed E-state index contributed by atoms with van der Waals surface area (Å²) in [6.07, 6.45) is 8.86. The third-order valence-corrected chi connectivity index (χ3v) is 3.53. The van der Waals surface area contributed by atoms with Gasteiger partial charge in [-0.15, -0.1) is 0 Å². The predicted octanol–water partition coefficient (Wildman–Crippen LogP) is 2.54. The molecule has 6 nitrogen and oxygen atoms in total. The Bertz CT molecular complexity index is 351. The molecule has 0 aliphatic heterocycles. The van der Waals surface area contributed by atoms with Gasteiger partial charge in [0.25, 0.3) is 0 Å². The molecule has 0 radical (unpaired) electrons. The van der Waals surface area contributed by atoms with Gasteiger partial charge in [-0.25, -0.2) is 0 Å². The Morgan fingerprint density at radius 2 is 1.55 bits per heavy atom. The number of aromatic nitrogens is 2. The number of hydrogen-bond donors (Lipinski definition) is 3. The second kappa shape index (κ2) is 9.12. The molecule has 0 bridgehead atoms. The van der Waals surface area contributed by atoms with Gasteiger partial charge in [-0.1, -0.05) is 25.7 Å². The Balaban J connectivity index is 0.000000333. The number of H-pyrrole nitrogens is 1. The highest BCUT2D eigenvalue weighted by molar-refractivity contribution is 5.73. The highest BCUT2D eigenvalue weighted by Gasteiger charge is 2.27. The first-order valence-electron chi connectivity index (χ1n) is 7.00. The molecule has 20 heavy (non-hydrogen) atoms. The number of carbonyl (C=O) groups is 2. The second-order valence-electron chi connectivity index (χ2n) is 5.06. The van der Waals surface area contributed by atoms with Crippen LogP contribution in [0.4, 0.5) is 0 Å². The molecule has 6 heteroatoms. The van der Waals surface area contributed by atoms with Gasteiger partial charge in [-0.2, -0.15) is 5.10 Å². The molecule has 1 heterocycles. The van der Waals surface area contributed by atoms with Crippen LogP contribution in [0.15, 0.2) is 18.5 Å². The average Bonchev–Trinajstić information content (AvgIpc) is 3.00. The van der Waals surface area contributed by atoms with E-state index in [4.69, 9.17) is 10.2 Å². The maximum absolute atomic E-state index is 10.9. The van der Waals surface area contributed by atoms with E-state index in [1.165, 1.54) is 0 Å². The van der Waals surface area contributed by atoms with Crippen LogP contribution in [0, 0.1) is 11.8 Å². The first kappa shape index (κ1) is 16.2. The zero-order chi connectivity index (χ0) is 14.8.